The Balaban J connectivity index is 1.59. The van der Waals surface area contributed by atoms with E-state index >= 15 is 0 Å². The number of benzene rings is 1. The van der Waals surface area contributed by atoms with Crippen molar-refractivity contribution in [1.82, 2.24) is 0 Å². The van der Waals surface area contributed by atoms with Gasteiger partial charge in [-0.3, -0.25) is 0 Å². The largest absolute Gasteiger partial charge is 0.465 e. The maximum absolute atomic E-state index is 5.85. The molecule has 1 aliphatic heterocycles. The summed E-state index contributed by atoms with van der Waals surface area (Å²) >= 11 is 0. The average Bonchev–Trinajstić information content (AvgIpc) is 2.95. The van der Waals surface area contributed by atoms with Crippen molar-refractivity contribution in [2.45, 2.75) is 57.2 Å². The molecule has 1 saturated carbocycles. The summed E-state index contributed by atoms with van der Waals surface area (Å²) in [6, 6.07) is 8.67. The van der Waals surface area contributed by atoms with Crippen LogP contribution in [0, 0.1) is 0 Å². The van der Waals surface area contributed by atoms with E-state index in [1.807, 2.05) is 0 Å². The van der Waals surface area contributed by atoms with Gasteiger partial charge < -0.3 is 9.47 Å². The lowest BCUT2D eigenvalue weighted by atomic mass is 9.98. The molecule has 1 aliphatic carbocycles. The normalized spacial score (nSPS) is 25.2. The summed E-state index contributed by atoms with van der Waals surface area (Å²) in [5.41, 5.74) is 1.48. The summed E-state index contributed by atoms with van der Waals surface area (Å²) in [7, 11) is 0. The van der Waals surface area contributed by atoms with Gasteiger partial charge in [0.25, 0.3) is 0 Å². The first-order valence-electron chi connectivity index (χ1n) is 7.30. The van der Waals surface area contributed by atoms with E-state index < -0.39 is 0 Å². The lowest BCUT2D eigenvalue weighted by molar-refractivity contribution is -0.105. The zero-order chi connectivity index (χ0) is 12.2. The molecular formula is C16H22O2. The molecular weight excluding hydrogens is 224 g/mol. The smallest absolute Gasteiger partial charge is 0.199 e. The van der Waals surface area contributed by atoms with E-state index in [-0.39, 0.29) is 6.29 Å². The van der Waals surface area contributed by atoms with Crippen LogP contribution in [0.25, 0.3) is 0 Å². The van der Waals surface area contributed by atoms with Gasteiger partial charge in [-0.1, -0.05) is 25.0 Å². The van der Waals surface area contributed by atoms with Gasteiger partial charge in [0, 0.05) is 6.42 Å². The highest BCUT2D eigenvalue weighted by molar-refractivity contribution is 5.30. The fourth-order valence-electron chi connectivity index (χ4n) is 3.03. The third-order valence-corrected chi connectivity index (χ3v) is 4.11. The highest BCUT2D eigenvalue weighted by Gasteiger charge is 2.18. The van der Waals surface area contributed by atoms with Crippen LogP contribution in [0.4, 0.5) is 0 Å². The molecule has 1 heterocycles. The van der Waals surface area contributed by atoms with Crippen molar-refractivity contribution < 1.29 is 9.47 Å². The second kappa shape index (κ2) is 5.75. The number of hydrogen-bond acceptors (Lipinski definition) is 2. The molecule has 1 unspecified atom stereocenters. The van der Waals surface area contributed by atoms with Gasteiger partial charge in [0.15, 0.2) is 6.29 Å². The molecule has 18 heavy (non-hydrogen) atoms. The highest BCUT2D eigenvalue weighted by atomic mass is 16.7. The Morgan fingerprint density at radius 2 is 1.61 bits per heavy atom. The minimum Gasteiger partial charge on any atom is -0.465 e. The Bertz CT molecular complexity index is 359. The van der Waals surface area contributed by atoms with Gasteiger partial charge in [-0.2, -0.15) is 0 Å². The standard InChI is InChI=1S/C16H22O2/c1-2-6-13(5-1)14-8-10-15(11-9-14)18-16-7-3-4-12-17-16/h8-11,13,16H,1-7,12H2. The van der Waals surface area contributed by atoms with Crippen LogP contribution in [0.5, 0.6) is 5.75 Å². The molecule has 0 aromatic heterocycles. The van der Waals surface area contributed by atoms with E-state index in [9.17, 15) is 0 Å². The second-order valence-electron chi connectivity index (χ2n) is 5.46. The average molecular weight is 246 g/mol. The molecule has 0 radical (unpaired) electrons. The van der Waals surface area contributed by atoms with Gasteiger partial charge in [0.1, 0.15) is 5.75 Å². The van der Waals surface area contributed by atoms with Crippen LogP contribution >= 0.6 is 0 Å². The van der Waals surface area contributed by atoms with Crippen molar-refractivity contribution in [1.29, 1.82) is 0 Å². The van der Waals surface area contributed by atoms with Crippen molar-refractivity contribution in [2.24, 2.45) is 0 Å². The Labute approximate surface area is 109 Å². The molecule has 2 fully saturated rings. The van der Waals surface area contributed by atoms with E-state index in [0.717, 1.165) is 24.7 Å². The van der Waals surface area contributed by atoms with Crippen LogP contribution in [0.15, 0.2) is 24.3 Å². The quantitative estimate of drug-likeness (QED) is 0.793. The first-order valence-corrected chi connectivity index (χ1v) is 7.30. The summed E-state index contributed by atoms with van der Waals surface area (Å²) in [4.78, 5) is 0. The predicted octanol–water partition coefficient (Wildman–Crippen LogP) is 4.25. The Kier molecular flexibility index (Phi) is 3.84. The summed E-state index contributed by atoms with van der Waals surface area (Å²) in [6.07, 6.45) is 8.85. The van der Waals surface area contributed by atoms with Gasteiger partial charge in [0.05, 0.1) is 6.61 Å². The van der Waals surface area contributed by atoms with E-state index in [1.165, 1.54) is 44.1 Å². The highest BCUT2D eigenvalue weighted by Crippen LogP contribution is 2.34. The molecule has 3 rings (SSSR count). The molecule has 2 aliphatic rings. The van der Waals surface area contributed by atoms with E-state index in [0.29, 0.717) is 0 Å². The minimum atomic E-state index is -0.0314. The fourth-order valence-corrected chi connectivity index (χ4v) is 3.03. The molecule has 2 nitrogen and oxygen atoms in total. The van der Waals surface area contributed by atoms with E-state index in [1.54, 1.807) is 0 Å². The molecule has 0 N–H and O–H groups in total. The second-order valence-corrected chi connectivity index (χ2v) is 5.46. The third kappa shape index (κ3) is 2.86. The maximum Gasteiger partial charge on any atom is 0.199 e. The third-order valence-electron chi connectivity index (χ3n) is 4.11. The summed E-state index contributed by atoms with van der Waals surface area (Å²) in [6.45, 7) is 0.838. The molecule has 1 aromatic rings. The lowest BCUT2D eigenvalue weighted by Gasteiger charge is -2.23. The SMILES string of the molecule is c1cc(C2CCCC2)ccc1OC1CCCCO1. The Morgan fingerprint density at radius 1 is 0.889 bits per heavy atom. The first kappa shape index (κ1) is 12.0. The maximum atomic E-state index is 5.85. The summed E-state index contributed by atoms with van der Waals surface area (Å²) in [5.74, 6) is 1.73. The molecule has 1 atom stereocenters. The van der Waals surface area contributed by atoms with Crippen LogP contribution in [-0.4, -0.2) is 12.9 Å². The lowest BCUT2D eigenvalue weighted by Crippen LogP contribution is -2.24. The van der Waals surface area contributed by atoms with Crippen LogP contribution in [0.2, 0.25) is 0 Å². The van der Waals surface area contributed by atoms with Crippen molar-refractivity contribution >= 4 is 0 Å². The van der Waals surface area contributed by atoms with E-state index in [4.69, 9.17) is 9.47 Å². The van der Waals surface area contributed by atoms with Gasteiger partial charge in [0.2, 0.25) is 0 Å². The molecule has 0 bridgehead atoms. The monoisotopic (exact) mass is 246 g/mol. The number of hydrogen-bond donors (Lipinski definition) is 0. The zero-order valence-corrected chi connectivity index (χ0v) is 10.9. The molecule has 0 spiro atoms. The van der Waals surface area contributed by atoms with Crippen molar-refractivity contribution in [3.05, 3.63) is 29.8 Å². The van der Waals surface area contributed by atoms with Crippen LogP contribution in [0.1, 0.15) is 56.4 Å². The Hall–Kier alpha value is -1.02. The Morgan fingerprint density at radius 3 is 2.28 bits per heavy atom. The first-order chi connectivity index (χ1) is 8.92. The van der Waals surface area contributed by atoms with Gasteiger partial charge in [-0.05, 0) is 49.3 Å². The molecule has 1 aromatic carbocycles. The van der Waals surface area contributed by atoms with Gasteiger partial charge in [-0.15, -0.1) is 0 Å². The predicted molar refractivity (Wildman–Crippen MR) is 71.9 cm³/mol. The fraction of sp³-hybridized carbons (Fsp3) is 0.625. The van der Waals surface area contributed by atoms with Gasteiger partial charge >= 0.3 is 0 Å². The molecule has 1 saturated heterocycles. The number of rotatable bonds is 3. The molecule has 98 valence electrons. The van der Waals surface area contributed by atoms with Crippen molar-refractivity contribution in [3.8, 4) is 5.75 Å². The van der Waals surface area contributed by atoms with Crippen molar-refractivity contribution in [2.75, 3.05) is 6.61 Å². The number of ether oxygens (including phenoxy) is 2. The van der Waals surface area contributed by atoms with Crippen LogP contribution in [-0.2, 0) is 4.74 Å². The summed E-state index contributed by atoms with van der Waals surface area (Å²) < 4.78 is 11.4. The van der Waals surface area contributed by atoms with Crippen LogP contribution < -0.4 is 4.74 Å². The van der Waals surface area contributed by atoms with Crippen LogP contribution in [0.3, 0.4) is 0 Å². The zero-order valence-electron chi connectivity index (χ0n) is 10.9. The molecule has 0 amide bonds. The van der Waals surface area contributed by atoms with E-state index in [2.05, 4.69) is 24.3 Å². The van der Waals surface area contributed by atoms with Crippen molar-refractivity contribution in [3.63, 3.8) is 0 Å². The topological polar surface area (TPSA) is 18.5 Å². The minimum absolute atomic E-state index is 0.0314. The van der Waals surface area contributed by atoms with Gasteiger partial charge in [-0.25, -0.2) is 0 Å². The summed E-state index contributed by atoms with van der Waals surface area (Å²) in [5, 5.41) is 0. The molecule has 2 heteroatoms.